The molecular formula is C28H39N5O4. The number of hydrogen-bond acceptors (Lipinski definition) is 7. The number of carbonyl (C=O) groups is 1. The molecule has 3 fully saturated rings. The molecule has 1 saturated carbocycles. The molecule has 1 amide bonds. The van der Waals surface area contributed by atoms with E-state index in [0.29, 0.717) is 44.4 Å². The van der Waals surface area contributed by atoms with E-state index < -0.39 is 0 Å². The topological polar surface area (TPSA) is 97.9 Å². The Labute approximate surface area is 219 Å². The number of likely N-dealkylation sites (N-methyl/N-ethyl adjacent to an activating group) is 1. The smallest absolute Gasteiger partial charge is 0.252 e. The van der Waals surface area contributed by atoms with Crippen molar-refractivity contribution in [1.29, 1.82) is 0 Å². The Morgan fingerprint density at radius 2 is 1.81 bits per heavy atom. The van der Waals surface area contributed by atoms with Gasteiger partial charge in [-0.25, -0.2) is 5.43 Å². The van der Waals surface area contributed by atoms with Crippen molar-refractivity contribution in [2.45, 2.75) is 44.2 Å². The standard InChI is InChI=1S/C28H39N5O4/c1-33(35)15-13-32(14-16-33)23-9-7-22(8-10-23)28(34)29-27-25-12-11-24(19-26(25)30-31-27)37-18-17-36-20-21-5-3-2-4-6-21/h2-10,24-27,30-31H,11-20H2,1H3,(H,29,34). The van der Waals surface area contributed by atoms with Gasteiger partial charge in [-0.2, -0.15) is 0 Å². The number of rotatable bonds is 9. The van der Waals surface area contributed by atoms with E-state index in [9.17, 15) is 10.0 Å². The van der Waals surface area contributed by atoms with Crippen LogP contribution in [0.25, 0.3) is 0 Å². The van der Waals surface area contributed by atoms with Crippen LogP contribution in [0.4, 0.5) is 5.69 Å². The third-order valence-electron chi connectivity index (χ3n) is 7.87. The van der Waals surface area contributed by atoms with Crippen LogP contribution in [0.1, 0.15) is 35.2 Å². The lowest BCUT2D eigenvalue weighted by Gasteiger charge is -2.45. The van der Waals surface area contributed by atoms with Crippen molar-refractivity contribution in [2.75, 3.05) is 51.3 Å². The summed E-state index contributed by atoms with van der Waals surface area (Å²) in [7, 11) is 1.73. The van der Waals surface area contributed by atoms with Gasteiger partial charge in [0.15, 0.2) is 0 Å². The fraction of sp³-hybridized carbons (Fsp3) is 0.536. The highest BCUT2D eigenvalue weighted by Crippen LogP contribution is 2.31. The number of nitrogens with one attached hydrogen (secondary N) is 3. The number of ether oxygens (including phenoxy) is 2. The number of carbonyl (C=O) groups excluding carboxylic acids is 1. The maximum Gasteiger partial charge on any atom is 0.252 e. The van der Waals surface area contributed by atoms with Gasteiger partial charge in [0, 0.05) is 23.2 Å². The molecule has 0 bridgehead atoms. The molecule has 4 atom stereocenters. The lowest BCUT2D eigenvalue weighted by molar-refractivity contribution is -0.861. The molecule has 37 heavy (non-hydrogen) atoms. The van der Waals surface area contributed by atoms with Crippen LogP contribution >= 0.6 is 0 Å². The number of quaternary nitrogens is 1. The fourth-order valence-corrected chi connectivity index (χ4v) is 5.55. The van der Waals surface area contributed by atoms with E-state index in [1.165, 1.54) is 5.56 Å². The Kier molecular flexibility index (Phi) is 8.39. The Balaban J connectivity index is 1.03. The number of nitrogens with zero attached hydrogens (tertiary/aromatic N) is 2. The molecule has 0 spiro atoms. The van der Waals surface area contributed by atoms with Gasteiger partial charge in [0.25, 0.3) is 5.91 Å². The van der Waals surface area contributed by atoms with Gasteiger partial charge >= 0.3 is 0 Å². The first-order chi connectivity index (χ1) is 18.0. The van der Waals surface area contributed by atoms with Gasteiger partial charge in [0.2, 0.25) is 0 Å². The van der Waals surface area contributed by atoms with Gasteiger partial charge in [0.05, 0.1) is 65.3 Å². The molecule has 200 valence electrons. The molecule has 4 unspecified atom stereocenters. The first kappa shape index (κ1) is 26.1. The predicted molar refractivity (Wildman–Crippen MR) is 142 cm³/mol. The second-order valence-electron chi connectivity index (χ2n) is 10.6. The minimum absolute atomic E-state index is 0.0807. The van der Waals surface area contributed by atoms with Crippen molar-refractivity contribution in [3.8, 4) is 0 Å². The SMILES string of the molecule is C[N+]1([O-])CCN(c2ccc(C(=O)NC3NNC4CC(OCCOCc5ccccc5)CCC43)cc2)CC1. The van der Waals surface area contributed by atoms with Crippen LogP contribution in [-0.2, 0) is 16.1 Å². The van der Waals surface area contributed by atoms with E-state index in [2.05, 4.69) is 33.2 Å². The number of benzene rings is 2. The predicted octanol–water partition coefficient (Wildman–Crippen LogP) is 2.39. The molecule has 5 rings (SSSR count). The zero-order valence-electron chi connectivity index (χ0n) is 21.6. The summed E-state index contributed by atoms with van der Waals surface area (Å²) in [5.41, 5.74) is 9.52. The summed E-state index contributed by atoms with van der Waals surface area (Å²) in [4.78, 5) is 15.2. The van der Waals surface area contributed by atoms with Crippen molar-refractivity contribution in [2.24, 2.45) is 5.92 Å². The summed E-state index contributed by atoms with van der Waals surface area (Å²) < 4.78 is 11.6. The Hall–Kier alpha value is -2.53. The first-order valence-corrected chi connectivity index (χ1v) is 13.4. The second kappa shape index (κ2) is 11.9. The zero-order chi connectivity index (χ0) is 25.7. The average molecular weight is 510 g/mol. The molecule has 3 aliphatic rings. The lowest BCUT2D eigenvalue weighted by Crippen LogP contribution is -2.53. The number of amides is 1. The Morgan fingerprint density at radius 3 is 2.57 bits per heavy atom. The quantitative estimate of drug-likeness (QED) is 0.271. The number of fused-ring (bicyclic) bond motifs is 1. The molecule has 9 heteroatoms. The molecule has 2 aromatic carbocycles. The third kappa shape index (κ3) is 6.87. The minimum Gasteiger partial charge on any atom is -0.633 e. The minimum atomic E-state index is -0.183. The number of hydrazine groups is 1. The van der Waals surface area contributed by atoms with E-state index in [-0.39, 0.29) is 28.9 Å². The van der Waals surface area contributed by atoms with Gasteiger partial charge in [-0.15, -0.1) is 0 Å². The van der Waals surface area contributed by atoms with Crippen molar-refractivity contribution in [3.63, 3.8) is 0 Å². The van der Waals surface area contributed by atoms with Crippen LogP contribution in [0.2, 0.25) is 0 Å². The third-order valence-corrected chi connectivity index (χ3v) is 7.87. The molecule has 1 aliphatic carbocycles. The second-order valence-corrected chi connectivity index (χ2v) is 10.6. The first-order valence-electron chi connectivity index (χ1n) is 13.4. The molecule has 2 heterocycles. The van der Waals surface area contributed by atoms with E-state index in [0.717, 1.165) is 38.0 Å². The normalized spacial score (nSPS) is 27.0. The Bertz CT molecular complexity index is 1010. The molecule has 9 nitrogen and oxygen atoms in total. The number of hydrogen-bond donors (Lipinski definition) is 3. The highest BCUT2D eigenvalue weighted by atomic mass is 16.5. The summed E-state index contributed by atoms with van der Waals surface area (Å²) in [5.74, 6) is 0.244. The van der Waals surface area contributed by atoms with E-state index >= 15 is 0 Å². The van der Waals surface area contributed by atoms with Crippen LogP contribution in [0.5, 0.6) is 0 Å². The van der Waals surface area contributed by atoms with E-state index in [4.69, 9.17) is 9.47 Å². The average Bonchev–Trinajstić information content (AvgIpc) is 3.31. The van der Waals surface area contributed by atoms with Crippen LogP contribution in [-0.4, -0.2) is 75.3 Å². The van der Waals surface area contributed by atoms with Crippen LogP contribution in [0.15, 0.2) is 54.6 Å². The van der Waals surface area contributed by atoms with Crippen LogP contribution < -0.4 is 21.1 Å². The largest absolute Gasteiger partial charge is 0.633 e. The zero-order valence-corrected chi connectivity index (χ0v) is 21.6. The molecule has 0 radical (unpaired) electrons. The van der Waals surface area contributed by atoms with Crippen molar-refractivity contribution >= 4 is 11.6 Å². The summed E-state index contributed by atoms with van der Waals surface area (Å²) in [6, 6.07) is 18.1. The maximum atomic E-state index is 12.9. The van der Waals surface area contributed by atoms with Crippen molar-refractivity contribution in [1.82, 2.24) is 16.2 Å². The van der Waals surface area contributed by atoms with Gasteiger partial charge in [-0.1, -0.05) is 30.3 Å². The lowest BCUT2D eigenvalue weighted by atomic mass is 9.82. The number of anilines is 1. The maximum absolute atomic E-state index is 12.9. The van der Waals surface area contributed by atoms with E-state index in [1.807, 2.05) is 42.5 Å². The van der Waals surface area contributed by atoms with Gasteiger partial charge in [-0.05, 0) is 49.1 Å². The molecule has 2 saturated heterocycles. The summed E-state index contributed by atoms with van der Waals surface area (Å²) in [5, 5.41) is 15.2. The Morgan fingerprint density at radius 1 is 1.05 bits per heavy atom. The summed E-state index contributed by atoms with van der Waals surface area (Å²) in [6.45, 7) is 4.41. The molecule has 2 aromatic rings. The monoisotopic (exact) mass is 509 g/mol. The molecule has 0 aromatic heterocycles. The van der Waals surface area contributed by atoms with Gasteiger partial charge in [-0.3, -0.25) is 10.2 Å². The number of piperazine rings is 1. The highest BCUT2D eigenvalue weighted by Gasteiger charge is 2.41. The molecule has 3 N–H and O–H groups in total. The van der Waals surface area contributed by atoms with Crippen molar-refractivity contribution in [3.05, 3.63) is 70.9 Å². The summed E-state index contributed by atoms with van der Waals surface area (Å²) >= 11 is 0. The van der Waals surface area contributed by atoms with Gasteiger partial charge < -0.3 is 29.5 Å². The molecular weight excluding hydrogens is 470 g/mol. The van der Waals surface area contributed by atoms with E-state index in [1.54, 1.807) is 7.05 Å². The fourth-order valence-electron chi connectivity index (χ4n) is 5.55. The summed E-state index contributed by atoms with van der Waals surface area (Å²) in [6.07, 6.45) is 2.96. The van der Waals surface area contributed by atoms with Crippen molar-refractivity contribution < 1.29 is 18.9 Å². The van der Waals surface area contributed by atoms with Crippen LogP contribution in [0.3, 0.4) is 0 Å². The van der Waals surface area contributed by atoms with Crippen LogP contribution in [0, 0.1) is 11.1 Å². The molecule has 2 aliphatic heterocycles. The van der Waals surface area contributed by atoms with Gasteiger partial charge in [0.1, 0.15) is 0 Å². The number of hydroxylamine groups is 3. The highest BCUT2D eigenvalue weighted by molar-refractivity contribution is 5.94.